The number of ether oxygens (including phenoxy) is 2. The first kappa shape index (κ1) is 23.7. The van der Waals surface area contributed by atoms with Gasteiger partial charge in [0.05, 0.1) is 26.0 Å². The number of nitrogens with one attached hydrogen (secondary N) is 1. The molecule has 2 aromatic carbocycles. The Labute approximate surface area is 204 Å². The normalized spacial score (nSPS) is 11.1. The summed E-state index contributed by atoms with van der Waals surface area (Å²) in [5.74, 6) is 0.695. The van der Waals surface area contributed by atoms with Crippen LogP contribution in [0.2, 0.25) is 0 Å². The van der Waals surface area contributed by atoms with E-state index in [0.717, 1.165) is 22.4 Å². The topological polar surface area (TPSA) is 90.6 Å². The van der Waals surface area contributed by atoms with Crippen LogP contribution in [-0.2, 0) is 6.54 Å². The van der Waals surface area contributed by atoms with Crippen LogP contribution in [0.1, 0.15) is 35.3 Å². The van der Waals surface area contributed by atoms with Gasteiger partial charge in [-0.1, -0.05) is 30.3 Å². The highest BCUT2D eigenvalue weighted by molar-refractivity contribution is 5.96. The van der Waals surface area contributed by atoms with Gasteiger partial charge in [0.2, 0.25) is 0 Å². The van der Waals surface area contributed by atoms with Crippen LogP contribution in [0, 0.1) is 0 Å². The van der Waals surface area contributed by atoms with Crippen molar-refractivity contribution in [2.75, 3.05) is 7.11 Å². The van der Waals surface area contributed by atoms with Gasteiger partial charge in [0.1, 0.15) is 5.69 Å². The van der Waals surface area contributed by atoms with Crippen LogP contribution in [0.5, 0.6) is 11.5 Å². The lowest BCUT2D eigenvalue weighted by Gasteiger charge is -2.14. The third-order valence-corrected chi connectivity index (χ3v) is 5.07. The summed E-state index contributed by atoms with van der Waals surface area (Å²) >= 11 is 0. The molecule has 0 atom stereocenters. The molecule has 0 aliphatic heterocycles. The number of hydrogen-bond donors (Lipinski definition) is 1. The van der Waals surface area contributed by atoms with Crippen LogP contribution < -0.4 is 14.9 Å². The van der Waals surface area contributed by atoms with E-state index in [4.69, 9.17) is 14.6 Å². The van der Waals surface area contributed by atoms with Gasteiger partial charge in [-0.2, -0.15) is 10.2 Å². The number of hydrogen-bond acceptors (Lipinski definition) is 6. The van der Waals surface area contributed by atoms with Crippen molar-refractivity contribution in [3.63, 3.8) is 0 Å². The van der Waals surface area contributed by atoms with Gasteiger partial charge < -0.3 is 9.47 Å². The lowest BCUT2D eigenvalue weighted by molar-refractivity contribution is 0.0954. The number of hydrazone groups is 1. The van der Waals surface area contributed by atoms with E-state index in [0.29, 0.717) is 23.6 Å². The number of aromatic nitrogens is 3. The molecule has 0 bridgehead atoms. The SMILES string of the molecule is COc1cc(C(=O)N/N=C/c2cn(Cc3ccccc3)nc2-c2cccnc2)ccc1OC(C)C. The maximum atomic E-state index is 12.7. The van der Waals surface area contributed by atoms with Gasteiger partial charge in [-0.25, -0.2) is 5.43 Å². The summed E-state index contributed by atoms with van der Waals surface area (Å²) in [5, 5.41) is 8.91. The summed E-state index contributed by atoms with van der Waals surface area (Å²) in [5.41, 5.74) is 6.45. The summed E-state index contributed by atoms with van der Waals surface area (Å²) in [7, 11) is 1.54. The maximum Gasteiger partial charge on any atom is 0.271 e. The van der Waals surface area contributed by atoms with Gasteiger partial charge in [-0.15, -0.1) is 0 Å². The van der Waals surface area contributed by atoms with Crippen molar-refractivity contribution in [1.82, 2.24) is 20.2 Å². The van der Waals surface area contributed by atoms with E-state index in [-0.39, 0.29) is 12.0 Å². The van der Waals surface area contributed by atoms with Gasteiger partial charge >= 0.3 is 0 Å². The molecule has 0 aliphatic carbocycles. The third kappa shape index (κ3) is 6.11. The number of rotatable bonds is 9. The first-order chi connectivity index (χ1) is 17.0. The summed E-state index contributed by atoms with van der Waals surface area (Å²) in [4.78, 5) is 16.9. The first-order valence-corrected chi connectivity index (χ1v) is 11.2. The number of pyridine rings is 1. The summed E-state index contributed by atoms with van der Waals surface area (Å²) < 4.78 is 12.9. The van der Waals surface area contributed by atoms with Gasteiger partial charge in [-0.3, -0.25) is 14.5 Å². The largest absolute Gasteiger partial charge is 0.493 e. The van der Waals surface area contributed by atoms with Crippen LogP contribution in [0.4, 0.5) is 0 Å². The first-order valence-electron chi connectivity index (χ1n) is 11.2. The highest BCUT2D eigenvalue weighted by atomic mass is 16.5. The van der Waals surface area contributed by atoms with Crippen LogP contribution in [0.3, 0.4) is 0 Å². The number of carbonyl (C=O) groups is 1. The minimum atomic E-state index is -0.366. The summed E-state index contributed by atoms with van der Waals surface area (Å²) in [6.07, 6.45) is 6.93. The Morgan fingerprint density at radius 3 is 2.66 bits per heavy atom. The number of benzene rings is 2. The minimum Gasteiger partial charge on any atom is -0.493 e. The average Bonchev–Trinajstić information content (AvgIpc) is 3.27. The predicted molar refractivity (Wildman–Crippen MR) is 135 cm³/mol. The molecule has 35 heavy (non-hydrogen) atoms. The molecule has 2 heterocycles. The Morgan fingerprint density at radius 1 is 1.11 bits per heavy atom. The molecule has 178 valence electrons. The zero-order valence-corrected chi connectivity index (χ0v) is 19.9. The fourth-order valence-corrected chi connectivity index (χ4v) is 3.50. The summed E-state index contributed by atoms with van der Waals surface area (Å²) in [6.45, 7) is 4.46. The van der Waals surface area contributed by atoms with Gasteiger partial charge in [0.25, 0.3) is 5.91 Å². The monoisotopic (exact) mass is 469 g/mol. The van der Waals surface area contributed by atoms with Crippen LogP contribution in [0.15, 0.2) is 84.4 Å². The minimum absolute atomic E-state index is 0.00926. The van der Waals surface area contributed by atoms with E-state index in [1.165, 1.54) is 7.11 Å². The Morgan fingerprint density at radius 2 is 1.94 bits per heavy atom. The molecule has 0 aliphatic rings. The van der Waals surface area contributed by atoms with E-state index >= 15 is 0 Å². The highest BCUT2D eigenvalue weighted by Crippen LogP contribution is 2.29. The number of carbonyl (C=O) groups excluding carboxylic acids is 1. The van der Waals surface area contributed by atoms with E-state index in [2.05, 4.69) is 15.5 Å². The van der Waals surface area contributed by atoms with Crippen LogP contribution in [0.25, 0.3) is 11.3 Å². The molecule has 0 fully saturated rings. The molecule has 4 rings (SSSR count). The molecule has 8 heteroatoms. The smallest absolute Gasteiger partial charge is 0.271 e. The molecule has 0 unspecified atom stereocenters. The number of amides is 1. The Bertz CT molecular complexity index is 1300. The highest BCUT2D eigenvalue weighted by Gasteiger charge is 2.13. The molecule has 0 saturated heterocycles. The fraction of sp³-hybridized carbons (Fsp3) is 0.185. The zero-order valence-electron chi connectivity index (χ0n) is 19.9. The van der Waals surface area contributed by atoms with Crippen molar-refractivity contribution in [3.05, 3.63) is 95.9 Å². The standard InChI is InChI=1S/C27H27N5O3/c1-19(2)35-24-12-11-21(14-25(24)34-3)27(33)30-29-16-23-18-32(17-20-8-5-4-6-9-20)31-26(23)22-10-7-13-28-15-22/h4-16,18-19H,17H2,1-3H3,(H,30,33)/b29-16+. The molecule has 8 nitrogen and oxygen atoms in total. The van der Waals surface area contributed by atoms with E-state index in [9.17, 15) is 4.79 Å². The van der Waals surface area contributed by atoms with Gasteiger partial charge in [0, 0.05) is 35.3 Å². The molecule has 0 saturated carbocycles. The Hall–Kier alpha value is -4.46. The third-order valence-electron chi connectivity index (χ3n) is 5.07. The van der Waals surface area contributed by atoms with Crippen LogP contribution in [-0.4, -0.2) is 40.1 Å². The Kier molecular flexibility index (Phi) is 7.52. The molecule has 2 aromatic heterocycles. The van der Waals surface area contributed by atoms with Crippen molar-refractivity contribution < 1.29 is 14.3 Å². The molecular weight excluding hydrogens is 442 g/mol. The molecule has 0 radical (unpaired) electrons. The van der Waals surface area contributed by atoms with Crippen LogP contribution >= 0.6 is 0 Å². The number of nitrogens with zero attached hydrogens (tertiary/aromatic N) is 4. The molecule has 1 amide bonds. The Balaban J connectivity index is 1.53. The van der Waals surface area contributed by atoms with Crippen molar-refractivity contribution >= 4 is 12.1 Å². The molecule has 0 spiro atoms. The van der Waals surface area contributed by atoms with Gasteiger partial charge in [0.15, 0.2) is 11.5 Å². The van der Waals surface area contributed by atoms with E-state index < -0.39 is 0 Å². The average molecular weight is 470 g/mol. The van der Waals surface area contributed by atoms with Crippen molar-refractivity contribution in [3.8, 4) is 22.8 Å². The second-order valence-corrected chi connectivity index (χ2v) is 8.09. The fourth-order valence-electron chi connectivity index (χ4n) is 3.50. The van der Waals surface area contributed by atoms with Gasteiger partial charge in [-0.05, 0) is 49.7 Å². The lowest BCUT2D eigenvalue weighted by atomic mass is 10.1. The van der Waals surface area contributed by atoms with E-state index in [1.54, 1.807) is 36.8 Å². The molecular formula is C27H27N5O3. The number of methoxy groups -OCH3 is 1. The second-order valence-electron chi connectivity index (χ2n) is 8.09. The quantitative estimate of drug-likeness (QED) is 0.287. The zero-order chi connectivity index (χ0) is 24.6. The maximum absolute atomic E-state index is 12.7. The second kappa shape index (κ2) is 11.1. The van der Waals surface area contributed by atoms with Crippen molar-refractivity contribution in [2.45, 2.75) is 26.5 Å². The van der Waals surface area contributed by atoms with E-state index in [1.807, 2.05) is 67.2 Å². The predicted octanol–water partition coefficient (Wildman–Crippen LogP) is 4.55. The summed E-state index contributed by atoms with van der Waals surface area (Å²) in [6, 6.07) is 18.9. The lowest BCUT2D eigenvalue weighted by Crippen LogP contribution is -2.18. The van der Waals surface area contributed by atoms with Crippen molar-refractivity contribution in [2.24, 2.45) is 5.10 Å². The molecule has 4 aromatic rings. The van der Waals surface area contributed by atoms with Crippen molar-refractivity contribution in [1.29, 1.82) is 0 Å². The molecule has 1 N–H and O–H groups in total.